The quantitative estimate of drug-likeness (QED) is 0.0261. The highest BCUT2D eigenvalue weighted by atomic mass is 32.1. The van der Waals surface area contributed by atoms with E-state index in [2.05, 4.69) is 98.4 Å². The van der Waals surface area contributed by atoms with Crippen LogP contribution < -0.4 is 0 Å². The molecule has 4 saturated heterocycles. The maximum atomic E-state index is 13.5. The zero-order valence-corrected chi connectivity index (χ0v) is 84.0. The summed E-state index contributed by atoms with van der Waals surface area (Å²) in [6.45, 7) is 30.1. The minimum atomic E-state index is -0.709. The summed E-state index contributed by atoms with van der Waals surface area (Å²) in [7, 11) is 0. The minimum Gasteiger partial charge on any atom is -0.448 e. The number of carbonyl (C=O) groups is 8. The lowest BCUT2D eigenvalue weighted by Crippen LogP contribution is -2.44. The number of nitrogens with zero attached hydrogens (tertiary/aromatic N) is 13. The van der Waals surface area contributed by atoms with Gasteiger partial charge in [-0.2, -0.15) is 0 Å². The molecule has 0 bridgehead atoms. The third-order valence-corrected chi connectivity index (χ3v) is 30.6. The average molecular weight is 1940 g/mol. The lowest BCUT2D eigenvalue weighted by atomic mass is 9.90. The molecule has 4 aliphatic rings. The SMILES string of the molecule is Cc1cnc([C@H](C(=O)N2C[C@H](O)C[C@H]2C(=O)CCc2ccc(-c3scnc3C)cc2)C(C)C)s1.Cc1coc([C@H](C(=O)N2C[C@H](O)C[C@H]2C(=O)CCc2ccc(-c3scnc3C)cc2)C(C)C)n1.Cc1ncc([C@H](C(=O)N2C[C@H](O)C[C@H]2C(=O)CCc2ccc(-c3scnc3C)cc2)C(C)C)[nH]1.Cc1ncsc1-c1ccc(CCC(=O)[C@@H]2C[C@@H](O)CN2C(=O)[C@@H](c2cnccn2)C(C)C)cc1. The van der Waals surface area contributed by atoms with Gasteiger partial charge in [-0.05, 0) is 142 Å². The minimum absolute atomic E-state index is 0.00410. The number of ketones is 4. The number of hydrogen-bond acceptors (Lipinski definition) is 27. The molecule has 0 saturated carbocycles. The number of Topliss-reactive ketones (excluding diaryl/α,β-unsaturated/α-hetero) is 4. The van der Waals surface area contributed by atoms with Gasteiger partial charge in [0.1, 0.15) is 23.0 Å². The predicted molar refractivity (Wildman–Crippen MR) is 531 cm³/mol. The third kappa shape index (κ3) is 25.5. The molecule has 12 aromatic rings. The molecule has 4 aromatic carbocycles. The highest BCUT2D eigenvalue weighted by molar-refractivity contribution is 7.14. The number of benzene rings is 4. The maximum absolute atomic E-state index is 13.5. The number of aromatic nitrogens is 10. The normalized spacial score (nSPS) is 19.0. The van der Waals surface area contributed by atoms with Gasteiger partial charge in [0.15, 0.2) is 23.1 Å². The number of oxazole rings is 1. The van der Waals surface area contributed by atoms with Gasteiger partial charge < -0.3 is 49.4 Å². The lowest BCUT2D eigenvalue weighted by molar-refractivity contribution is -0.140. The third-order valence-electron chi connectivity index (χ3n) is 25.7. The Hall–Kier alpha value is -11.1. The van der Waals surface area contributed by atoms with Crippen LogP contribution in [-0.4, -0.2) is 211 Å². The number of nitrogens with one attached hydrogen (secondary N) is 1. The number of likely N-dealkylation sites (tertiary alicyclic amines) is 4. The first kappa shape index (κ1) is 102. The van der Waals surface area contributed by atoms with Gasteiger partial charge >= 0.3 is 0 Å². The summed E-state index contributed by atoms with van der Waals surface area (Å²) >= 11 is 7.99. The van der Waals surface area contributed by atoms with Crippen LogP contribution in [0.25, 0.3) is 41.8 Å². The van der Waals surface area contributed by atoms with Crippen molar-refractivity contribution in [1.82, 2.24) is 69.4 Å². The highest BCUT2D eigenvalue weighted by Crippen LogP contribution is 2.40. The number of aliphatic hydroxyl groups excluding tert-OH is 4. The van der Waals surface area contributed by atoms with Crippen LogP contribution in [0, 0.1) is 72.1 Å². The first-order chi connectivity index (χ1) is 65.1. The lowest BCUT2D eigenvalue weighted by Gasteiger charge is -2.29. The second kappa shape index (κ2) is 46.9. The zero-order valence-electron chi connectivity index (χ0n) is 79.9. The van der Waals surface area contributed by atoms with Crippen molar-refractivity contribution in [3.8, 4) is 41.8 Å². The Morgan fingerprint density at radius 1 is 0.390 bits per heavy atom. The summed E-state index contributed by atoms with van der Waals surface area (Å²) in [5, 5.41) is 42.0. The van der Waals surface area contributed by atoms with Crippen molar-refractivity contribution in [2.75, 3.05) is 26.2 Å². The second-order valence-corrected chi connectivity index (χ2v) is 42.1. The van der Waals surface area contributed by atoms with E-state index in [1.54, 1.807) is 91.0 Å². The molecule has 12 atom stereocenters. The van der Waals surface area contributed by atoms with Crippen LogP contribution in [0.5, 0.6) is 0 Å². The first-order valence-corrected chi connectivity index (χ1v) is 51.1. The van der Waals surface area contributed by atoms with E-state index < -0.39 is 72.3 Å². The molecule has 4 fully saturated rings. The van der Waals surface area contributed by atoms with Crippen LogP contribution in [0.15, 0.2) is 161 Å². The number of aryl methyl sites for hydroxylation is 11. The fraction of sp³-hybridized carbons (Fsp3) is 0.452. The van der Waals surface area contributed by atoms with E-state index >= 15 is 0 Å². The number of imidazole rings is 1. The van der Waals surface area contributed by atoms with E-state index in [1.165, 1.54) is 22.5 Å². The van der Waals surface area contributed by atoms with Crippen molar-refractivity contribution >= 4 is 103 Å². The Labute approximate surface area is 815 Å². The fourth-order valence-corrected chi connectivity index (χ4v) is 22.8. The van der Waals surface area contributed by atoms with Gasteiger partial charge in [0.25, 0.3) is 0 Å². The van der Waals surface area contributed by atoms with E-state index in [1.807, 2.05) is 174 Å². The van der Waals surface area contributed by atoms with Crippen LogP contribution in [0.4, 0.5) is 0 Å². The monoisotopic (exact) mass is 1940 g/mol. The number of β-amino-alcohol motifs (C(OH)–C–C–N with tert-alkyl or cyclic N) is 4. The maximum Gasteiger partial charge on any atom is 0.236 e. The summed E-state index contributed by atoms with van der Waals surface area (Å²) in [6, 6.07) is 30.4. The van der Waals surface area contributed by atoms with E-state index in [0.717, 1.165) is 108 Å². The molecule has 718 valence electrons. The molecule has 0 unspecified atom stereocenters. The number of thiazole rings is 5. The van der Waals surface area contributed by atoms with Crippen molar-refractivity contribution in [3.05, 3.63) is 240 Å². The van der Waals surface area contributed by atoms with Crippen molar-refractivity contribution in [3.63, 3.8) is 0 Å². The van der Waals surface area contributed by atoms with E-state index in [0.29, 0.717) is 81.5 Å². The van der Waals surface area contributed by atoms with Gasteiger partial charge in [0, 0.05) is 119 Å². The zero-order chi connectivity index (χ0) is 97.5. The van der Waals surface area contributed by atoms with Gasteiger partial charge in [0.2, 0.25) is 29.5 Å². The number of aliphatic hydroxyl groups is 4. The van der Waals surface area contributed by atoms with E-state index in [9.17, 15) is 58.8 Å². The van der Waals surface area contributed by atoms with Gasteiger partial charge in [-0.1, -0.05) is 152 Å². The molecule has 12 heterocycles. The standard InChI is InChI=1S/C26H32N4O3S.C26H30N4O3S.C26H31N3O4S.C26H31N3O3S2/c1-15(2)24(21-12-27-17(4)29-21)26(33)30-13-20(31)11-22(30)23(32)10-7-18-5-8-19(9-6-18)25-16(3)28-14-34-25;1-16(2)24(21-13-27-10-11-28-21)26(33)30-14-20(31)12-22(30)23(32)9-6-18-4-7-19(8-5-18)25-17(3)29-15-34-25;1-15(2)23(25-28-16(3)13-33-25)26(32)29-12-20(30)11-21(29)22(31)10-7-18-5-8-19(9-6-18)24-17(4)27-14-34-24;1-15(2)23(25-27-12-16(3)34-25)26(32)29-13-20(30)11-21(29)22(31)10-7-18-5-8-19(9-6-18)24-17(4)28-14-33-24/h5-6,8-9,12,14-15,20,22,24,31H,7,10-11,13H2,1-4H3,(H,27,29);4-5,7-8,10-11,13,15-16,20,22,24,31H,6,9,12,14H2,1-3H3;5-6,8-9,13-15,20-21,23,30H,7,10-12H2,1-4H3;5-6,8-9,12,14-15,20-21,23,30H,7,10-11,13H2,1-4H3/t2*20-,22+,24-;2*20-,21+,23-/m1111/s1. The molecule has 16 rings (SSSR count). The summed E-state index contributed by atoms with van der Waals surface area (Å²) in [5.41, 5.74) is 22.2. The number of carbonyl (C=O) groups excluding carboxylic acids is 8. The number of amides is 4. The van der Waals surface area contributed by atoms with Crippen LogP contribution in [0.2, 0.25) is 0 Å². The molecular formula is C104H124N14O13S5. The summed E-state index contributed by atoms with van der Waals surface area (Å²) in [4.78, 5) is 161. The predicted octanol–water partition coefficient (Wildman–Crippen LogP) is 17.0. The molecule has 32 heteroatoms. The van der Waals surface area contributed by atoms with Crippen LogP contribution in [-0.2, 0) is 64.0 Å². The fourth-order valence-electron chi connectivity index (χ4n) is 18.5. The highest BCUT2D eigenvalue weighted by Gasteiger charge is 2.47. The number of hydrogen-bond donors (Lipinski definition) is 5. The van der Waals surface area contributed by atoms with E-state index in [4.69, 9.17) is 4.42 Å². The molecule has 27 nitrogen and oxygen atoms in total. The Morgan fingerprint density at radius 3 is 0.978 bits per heavy atom. The van der Waals surface area contributed by atoms with Crippen molar-refractivity contribution in [1.29, 1.82) is 0 Å². The number of rotatable bonds is 32. The summed E-state index contributed by atoms with van der Waals surface area (Å²) in [6.07, 6.45) is 11.8. The Kier molecular flexibility index (Phi) is 35.3. The van der Waals surface area contributed by atoms with Crippen LogP contribution >= 0.6 is 56.7 Å². The molecule has 8 aromatic heterocycles. The first-order valence-electron chi connectivity index (χ1n) is 46.7. The smallest absolute Gasteiger partial charge is 0.236 e. The van der Waals surface area contributed by atoms with Crippen LogP contribution in [0.3, 0.4) is 0 Å². The van der Waals surface area contributed by atoms with Gasteiger partial charge in [-0.25, -0.2) is 34.9 Å². The Morgan fingerprint density at radius 2 is 0.713 bits per heavy atom. The van der Waals surface area contributed by atoms with Gasteiger partial charge in [-0.3, -0.25) is 48.3 Å². The summed E-state index contributed by atoms with van der Waals surface area (Å²) < 4.78 is 5.53. The van der Waals surface area contributed by atoms with Crippen molar-refractivity contribution in [2.45, 2.75) is 253 Å². The van der Waals surface area contributed by atoms with Crippen molar-refractivity contribution in [2.24, 2.45) is 23.7 Å². The Bertz CT molecular complexity index is 5610. The van der Waals surface area contributed by atoms with Crippen LogP contribution in [0.1, 0.15) is 214 Å². The topological polar surface area (TPSA) is 375 Å². The second-order valence-electron chi connectivity index (χ2n) is 37.4. The molecule has 136 heavy (non-hydrogen) atoms. The molecular weight excluding hydrogens is 1810 g/mol. The molecule has 0 spiro atoms. The van der Waals surface area contributed by atoms with E-state index in [-0.39, 0.29) is 109 Å². The van der Waals surface area contributed by atoms with Gasteiger partial charge in [0.05, 0.1) is 142 Å². The molecule has 5 N–H and O–H groups in total. The largest absolute Gasteiger partial charge is 0.448 e. The number of aromatic amines is 1. The molecule has 0 radical (unpaired) electrons. The molecule has 4 amide bonds. The molecule has 4 aliphatic heterocycles. The van der Waals surface area contributed by atoms with Crippen molar-refractivity contribution < 1.29 is 63.2 Å². The number of H-pyrrole nitrogens is 1. The summed E-state index contributed by atoms with van der Waals surface area (Å²) in [5.74, 6) is -1.46. The Balaban J connectivity index is 0.000000153. The molecule has 0 aliphatic carbocycles. The van der Waals surface area contributed by atoms with Gasteiger partial charge in [-0.15, -0.1) is 56.7 Å². The average Bonchev–Trinajstić information content (AvgIpc) is 1.62.